The highest BCUT2D eigenvalue weighted by Gasteiger charge is 2.13. The molecule has 0 fully saturated rings. The van der Waals surface area contributed by atoms with Gasteiger partial charge in [-0.15, -0.1) is 0 Å². The van der Waals surface area contributed by atoms with E-state index in [0.29, 0.717) is 12.3 Å². The lowest BCUT2D eigenvalue weighted by Gasteiger charge is -2.14. The summed E-state index contributed by atoms with van der Waals surface area (Å²) in [6.07, 6.45) is -0.528. The lowest BCUT2D eigenvalue weighted by molar-refractivity contribution is -0.127. The maximum absolute atomic E-state index is 11.9. The summed E-state index contributed by atoms with van der Waals surface area (Å²) < 4.78 is 6.56. The van der Waals surface area contributed by atoms with E-state index in [-0.39, 0.29) is 5.91 Å². The Hall–Kier alpha value is -1.81. The van der Waals surface area contributed by atoms with Crippen molar-refractivity contribution in [3.8, 4) is 5.75 Å². The third kappa shape index (κ3) is 4.38. The number of halogens is 1. The van der Waals surface area contributed by atoms with Gasteiger partial charge >= 0.3 is 0 Å². The molecule has 0 saturated carbocycles. The summed E-state index contributed by atoms with van der Waals surface area (Å²) in [6, 6.07) is 17.2. The van der Waals surface area contributed by atoms with Crippen LogP contribution in [0.25, 0.3) is 0 Å². The molecule has 0 aliphatic carbocycles. The summed E-state index contributed by atoms with van der Waals surface area (Å²) in [6.45, 7) is 2.25. The van der Waals surface area contributed by atoms with E-state index in [1.54, 1.807) is 6.92 Å². The van der Waals surface area contributed by atoms with E-state index in [1.807, 2.05) is 54.6 Å². The van der Waals surface area contributed by atoms with Crippen molar-refractivity contribution in [2.24, 2.45) is 0 Å². The molecule has 0 heterocycles. The first-order valence-corrected chi connectivity index (χ1v) is 7.18. The molecular weight excluding hydrogens is 318 g/mol. The molecule has 2 rings (SSSR count). The number of hydrogen-bond acceptors (Lipinski definition) is 2. The van der Waals surface area contributed by atoms with Crippen molar-refractivity contribution in [1.29, 1.82) is 0 Å². The summed E-state index contributed by atoms with van der Waals surface area (Å²) >= 11 is 3.36. The Kier molecular flexibility index (Phi) is 5.18. The van der Waals surface area contributed by atoms with Gasteiger partial charge in [-0.3, -0.25) is 4.79 Å². The topological polar surface area (TPSA) is 38.3 Å². The number of carbonyl (C=O) groups excluding carboxylic acids is 1. The van der Waals surface area contributed by atoms with Crippen LogP contribution in [0.1, 0.15) is 12.5 Å². The zero-order chi connectivity index (χ0) is 14.4. The van der Waals surface area contributed by atoms with E-state index in [2.05, 4.69) is 21.2 Å². The quantitative estimate of drug-likeness (QED) is 0.908. The van der Waals surface area contributed by atoms with Crippen LogP contribution >= 0.6 is 15.9 Å². The van der Waals surface area contributed by atoms with E-state index in [1.165, 1.54) is 0 Å². The highest BCUT2D eigenvalue weighted by Crippen LogP contribution is 2.17. The molecule has 2 aromatic rings. The molecule has 0 aliphatic heterocycles. The summed E-state index contributed by atoms with van der Waals surface area (Å²) in [5, 5.41) is 2.86. The average Bonchev–Trinajstić information content (AvgIpc) is 2.48. The van der Waals surface area contributed by atoms with Gasteiger partial charge in [0.15, 0.2) is 6.10 Å². The van der Waals surface area contributed by atoms with Gasteiger partial charge in [-0.1, -0.05) is 46.3 Å². The van der Waals surface area contributed by atoms with Gasteiger partial charge in [-0.05, 0) is 36.8 Å². The normalized spacial score (nSPS) is 11.7. The number of benzene rings is 2. The van der Waals surface area contributed by atoms with Crippen LogP contribution in [0.15, 0.2) is 59.1 Å². The minimum absolute atomic E-state index is 0.128. The van der Waals surface area contributed by atoms with Crippen LogP contribution in [0.5, 0.6) is 5.75 Å². The van der Waals surface area contributed by atoms with Crippen molar-refractivity contribution in [1.82, 2.24) is 5.32 Å². The van der Waals surface area contributed by atoms with E-state index >= 15 is 0 Å². The molecule has 1 amide bonds. The number of rotatable bonds is 5. The molecule has 0 bridgehead atoms. The lowest BCUT2D eigenvalue weighted by Crippen LogP contribution is -2.35. The summed E-state index contributed by atoms with van der Waals surface area (Å²) in [7, 11) is 0. The summed E-state index contributed by atoms with van der Waals surface area (Å²) in [5.74, 6) is 0.548. The summed E-state index contributed by atoms with van der Waals surface area (Å²) in [5.41, 5.74) is 1.07. The molecule has 0 aromatic heterocycles. The minimum Gasteiger partial charge on any atom is -0.481 e. The van der Waals surface area contributed by atoms with Crippen LogP contribution in [0.4, 0.5) is 0 Å². The van der Waals surface area contributed by atoms with Crippen molar-refractivity contribution < 1.29 is 9.53 Å². The number of nitrogens with one attached hydrogen (secondary N) is 1. The fraction of sp³-hybridized carbons (Fsp3) is 0.188. The zero-order valence-electron chi connectivity index (χ0n) is 11.2. The molecule has 104 valence electrons. The molecule has 1 atom stereocenters. The Balaban J connectivity index is 1.84. The monoisotopic (exact) mass is 333 g/mol. The fourth-order valence-electron chi connectivity index (χ4n) is 1.70. The first-order valence-electron chi connectivity index (χ1n) is 6.39. The first kappa shape index (κ1) is 14.6. The minimum atomic E-state index is -0.528. The third-order valence-electron chi connectivity index (χ3n) is 2.81. The van der Waals surface area contributed by atoms with Crippen LogP contribution in [0, 0.1) is 0 Å². The SMILES string of the molecule is CC(Oc1ccc(Br)cc1)C(=O)NCc1ccccc1. The highest BCUT2D eigenvalue weighted by molar-refractivity contribution is 9.10. The number of hydrogen-bond donors (Lipinski definition) is 1. The molecule has 0 saturated heterocycles. The van der Waals surface area contributed by atoms with Crippen LogP contribution < -0.4 is 10.1 Å². The fourth-order valence-corrected chi connectivity index (χ4v) is 1.96. The smallest absolute Gasteiger partial charge is 0.261 e. The zero-order valence-corrected chi connectivity index (χ0v) is 12.8. The summed E-state index contributed by atoms with van der Waals surface area (Å²) in [4.78, 5) is 11.9. The Morgan fingerprint density at radius 2 is 1.80 bits per heavy atom. The molecule has 3 nitrogen and oxygen atoms in total. The van der Waals surface area contributed by atoms with E-state index in [9.17, 15) is 4.79 Å². The Morgan fingerprint density at radius 1 is 1.15 bits per heavy atom. The van der Waals surface area contributed by atoms with Crippen molar-refractivity contribution in [2.45, 2.75) is 19.6 Å². The van der Waals surface area contributed by atoms with E-state index < -0.39 is 6.10 Å². The van der Waals surface area contributed by atoms with Crippen molar-refractivity contribution in [2.75, 3.05) is 0 Å². The van der Waals surface area contributed by atoms with Crippen LogP contribution in [0.3, 0.4) is 0 Å². The van der Waals surface area contributed by atoms with Gasteiger partial charge in [0, 0.05) is 11.0 Å². The highest BCUT2D eigenvalue weighted by atomic mass is 79.9. The van der Waals surface area contributed by atoms with Gasteiger partial charge in [0.05, 0.1) is 0 Å². The van der Waals surface area contributed by atoms with Crippen LogP contribution in [0.2, 0.25) is 0 Å². The largest absolute Gasteiger partial charge is 0.481 e. The Morgan fingerprint density at radius 3 is 2.45 bits per heavy atom. The number of carbonyl (C=O) groups is 1. The number of amides is 1. The van der Waals surface area contributed by atoms with E-state index in [0.717, 1.165) is 10.0 Å². The Bertz CT molecular complexity index is 554. The molecule has 4 heteroatoms. The van der Waals surface area contributed by atoms with Gasteiger partial charge in [0.2, 0.25) is 0 Å². The van der Waals surface area contributed by atoms with Crippen molar-refractivity contribution >= 4 is 21.8 Å². The van der Waals surface area contributed by atoms with Gasteiger partial charge < -0.3 is 10.1 Å². The van der Waals surface area contributed by atoms with Crippen LogP contribution in [-0.2, 0) is 11.3 Å². The maximum atomic E-state index is 11.9. The first-order chi connectivity index (χ1) is 9.65. The van der Waals surface area contributed by atoms with Crippen LogP contribution in [-0.4, -0.2) is 12.0 Å². The van der Waals surface area contributed by atoms with Gasteiger partial charge in [0.1, 0.15) is 5.75 Å². The molecule has 2 aromatic carbocycles. The standard InChI is InChI=1S/C16H16BrNO2/c1-12(20-15-9-7-14(17)8-10-15)16(19)18-11-13-5-3-2-4-6-13/h2-10,12H,11H2,1H3,(H,18,19). The van der Waals surface area contributed by atoms with Crippen molar-refractivity contribution in [3.63, 3.8) is 0 Å². The molecule has 0 spiro atoms. The molecule has 1 N–H and O–H groups in total. The lowest BCUT2D eigenvalue weighted by atomic mass is 10.2. The van der Waals surface area contributed by atoms with Crippen molar-refractivity contribution in [3.05, 3.63) is 64.6 Å². The molecule has 0 radical (unpaired) electrons. The third-order valence-corrected chi connectivity index (χ3v) is 3.33. The maximum Gasteiger partial charge on any atom is 0.261 e. The van der Waals surface area contributed by atoms with Gasteiger partial charge in [0.25, 0.3) is 5.91 Å². The number of ether oxygens (including phenoxy) is 1. The second-order valence-electron chi connectivity index (χ2n) is 4.42. The second-order valence-corrected chi connectivity index (χ2v) is 5.33. The van der Waals surface area contributed by atoms with Gasteiger partial charge in [-0.2, -0.15) is 0 Å². The predicted molar refractivity (Wildman–Crippen MR) is 82.5 cm³/mol. The van der Waals surface area contributed by atoms with E-state index in [4.69, 9.17) is 4.74 Å². The Labute approximate surface area is 127 Å². The molecule has 1 unspecified atom stereocenters. The molecular formula is C16H16BrNO2. The van der Waals surface area contributed by atoms with Gasteiger partial charge in [-0.25, -0.2) is 0 Å². The molecule has 0 aliphatic rings. The average molecular weight is 334 g/mol. The second kappa shape index (κ2) is 7.10. The molecule has 20 heavy (non-hydrogen) atoms. The predicted octanol–water partition coefficient (Wildman–Crippen LogP) is 3.53.